The highest BCUT2D eigenvalue weighted by Gasteiger charge is 2.40. The van der Waals surface area contributed by atoms with Gasteiger partial charge in [-0.3, -0.25) is 10.1 Å². The average molecular weight is 315 g/mol. The third-order valence-corrected chi connectivity index (χ3v) is 3.42. The van der Waals surface area contributed by atoms with Crippen molar-refractivity contribution in [3.63, 3.8) is 0 Å². The van der Waals surface area contributed by atoms with Crippen LogP contribution in [0.3, 0.4) is 0 Å². The van der Waals surface area contributed by atoms with E-state index in [1.54, 1.807) is 0 Å². The zero-order valence-electron chi connectivity index (χ0n) is 11.5. The van der Waals surface area contributed by atoms with E-state index in [-0.39, 0.29) is 11.3 Å². The van der Waals surface area contributed by atoms with E-state index in [0.717, 1.165) is 0 Å². The number of rotatable bonds is 4. The molecule has 1 fully saturated rings. The van der Waals surface area contributed by atoms with E-state index in [0.29, 0.717) is 0 Å². The number of hydrogen-bond donors (Lipinski definition) is 4. The molecule has 1 aliphatic heterocycles. The van der Waals surface area contributed by atoms with E-state index >= 15 is 0 Å². The maximum Gasteiger partial charge on any atom is 0.269 e. The van der Waals surface area contributed by atoms with Gasteiger partial charge in [0.25, 0.3) is 5.69 Å². The van der Waals surface area contributed by atoms with Gasteiger partial charge in [0.1, 0.15) is 24.4 Å². The van der Waals surface area contributed by atoms with E-state index in [1.807, 2.05) is 0 Å². The smallest absolute Gasteiger partial charge is 0.269 e. The Labute approximate surface area is 125 Å². The standard InChI is InChI=1S/C13H17NO8/c15-5-9-11(17)12(18)10(6-16)22-13(21-9)7-2-1-3-8(4-7)14(19)20/h1-4,9-13,15-18H,5-6H2/t9-,10+,11-,12-,13?/m0/s1. The van der Waals surface area contributed by atoms with Crippen LogP contribution in [0, 0.1) is 10.1 Å². The van der Waals surface area contributed by atoms with Crippen molar-refractivity contribution in [2.45, 2.75) is 30.7 Å². The van der Waals surface area contributed by atoms with Gasteiger partial charge in [-0.2, -0.15) is 0 Å². The largest absolute Gasteiger partial charge is 0.394 e. The maximum atomic E-state index is 10.8. The number of benzene rings is 1. The molecule has 0 bridgehead atoms. The Bertz CT molecular complexity index is 507. The van der Waals surface area contributed by atoms with E-state index < -0.39 is 48.8 Å². The van der Waals surface area contributed by atoms with Gasteiger partial charge in [0.05, 0.1) is 18.1 Å². The van der Waals surface area contributed by atoms with Crippen molar-refractivity contribution < 1.29 is 34.8 Å². The van der Waals surface area contributed by atoms with Gasteiger partial charge < -0.3 is 29.9 Å². The topological polar surface area (TPSA) is 143 Å². The minimum absolute atomic E-state index is 0.184. The molecule has 1 aromatic rings. The molecule has 5 atom stereocenters. The maximum absolute atomic E-state index is 10.8. The SMILES string of the molecule is O=[N+]([O-])c1cccc(C2O[C@@H](CO)[C@H](O)[C@@H](O)[C@@H](CO)O2)c1. The number of nitro benzene ring substituents is 1. The lowest BCUT2D eigenvalue weighted by Gasteiger charge is -2.23. The lowest BCUT2D eigenvalue weighted by Crippen LogP contribution is -2.45. The molecule has 1 saturated heterocycles. The first-order valence-corrected chi connectivity index (χ1v) is 6.61. The summed E-state index contributed by atoms with van der Waals surface area (Å²) in [4.78, 5) is 10.2. The first kappa shape index (κ1) is 16.7. The van der Waals surface area contributed by atoms with Crippen molar-refractivity contribution >= 4 is 5.69 Å². The molecule has 1 aromatic carbocycles. The third-order valence-electron chi connectivity index (χ3n) is 3.42. The molecule has 0 radical (unpaired) electrons. The zero-order chi connectivity index (χ0) is 16.3. The molecular weight excluding hydrogens is 298 g/mol. The number of ether oxygens (including phenoxy) is 2. The normalized spacial score (nSPS) is 32.5. The van der Waals surface area contributed by atoms with Crippen molar-refractivity contribution in [1.29, 1.82) is 0 Å². The molecule has 1 unspecified atom stereocenters. The van der Waals surface area contributed by atoms with E-state index in [2.05, 4.69) is 0 Å². The molecule has 0 aromatic heterocycles. The summed E-state index contributed by atoms with van der Waals surface area (Å²) >= 11 is 0. The van der Waals surface area contributed by atoms with Crippen LogP contribution >= 0.6 is 0 Å². The summed E-state index contributed by atoms with van der Waals surface area (Å²) in [7, 11) is 0. The van der Waals surface area contributed by atoms with Gasteiger partial charge in [-0.25, -0.2) is 0 Å². The Morgan fingerprint density at radius 3 is 2.09 bits per heavy atom. The predicted octanol–water partition coefficient (Wildman–Crippen LogP) is -0.916. The van der Waals surface area contributed by atoms with Crippen molar-refractivity contribution in [1.82, 2.24) is 0 Å². The van der Waals surface area contributed by atoms with Crippen LogP contribution in [0.2, 0.25) is 0 Å². The molecule has 0 spiro atoms. The van der Waals surface area contributed by atoms with Crippen LogP contribution in [-0.2, 0) is 9.47 Å². The summed E-state index contributed by atoms with van der Waals surface area (Å²) in [5.74, 6) is 0. The van der Waals surface area contributed by atoms with Gasteiger partial charge in [-0.1, -0.05) is 12.1 Å². The van der Waals surface area contributed by atoms with Crippen LogP contribution in [-0.4, -0.2) is 63.0 Å². The molecule has 9 nitrogen and oxygen atoms in total. The van der Waals surface area contributed by atoms with Crippen molar-refractivity contribution in [3.8, 4) is 0 Å². The first-order chi connectivity index (χ1) is 10.5. The number of aliphatic hydroxyl groups is 4. The summed E-state index contributed by atoms with van der Waals surface area (Å²) in [6.45, 7) is -1.18. The number of aliphatic hydroxyl groups excluding tert-OH is 4. The van der Waals surface area contributed by atoms with Crippen LogP contribution in [0.4, 0.5) is 5.69 Å². The number of nitrogens with zero attached hydrogens (tertiary/aromatic N) is 1. The van der Waals surface area contributed by atoms with E-state index in [9.17, 15) is 30.5 Å². The average Bonchev–Trinajstić information content (AvgIpc) is 2.65. The minimum Gasteiger partial charge on any atom is -0.394 e. The van der Waals surface area contributed by atoms with Crippen LogP contribution in [0.5, 0.6) is 0 Å². The van der Waals surface area contributed by atoms with Gasteiger partial charge in [-0.15, -0.1) is 0 Å². The van der Waals surface area contributed by atoms with Crippen LogP contribution in [0.25, 0.3) is 0 Å². The van der Waals surface area contributed by atoms with Gasteiger partial charge >= 0.3 is 0 Å². The quantitative estimate of drug-likeness (QED) is 0.413. The zero-order valence-corrected chi connectivity index (χ0v) is 11.5. The second kappa shape index (κ2) is 7.09. The first-order valence-electron chi connectivity index (χ1n) is 6.61. The molecule has 2 rings (SSSR count). The van der Waals surface area contributed by atoms with Gasteiger partial charge in [0.2, 0.25) is 0 Å². The predicted molar refractivity (Wildman–Crippen MR) is 71.8 cm³/mol. The summed E-state index contributed by atoms with van der Waals surface area (Å²) < 4.78 is 10.8. The van der Waals surface area contributed by atoms with Gasteiger partial charge in [-0.05, 0) is 0 Å². The van der Waals surface area contributed by atoms with Gasteiger partial charge in [0.15, 0.2) is 6.29 Å². The fourth-order valence-electron chi connectivity index (χ4n) is 2.19. The lowest BCUT2D eigenvalue weighted by molar-refractivity contribution is -0.385. The van der Waals surface area contributed by atoms with Crippen molar-refractivity contribution in [2.24, 2.45) is 0 Å². The van der Waals surface area contributed by atoms with Crippen molar-refractivity contribution in [3.05, 3.63) is 39.9 Å². The van der Waals surface area contributed by atoms with Crippen LogP contribution in [0.1, 0.15) is 11.9 Å². The Balaban J connectivity index is 2.32. The molecule has 122 valence electrons. The summed E-state index contributed by atoms with van der Waals surface area (Å²) in [6.07, 6.45) is -6.43. The van der Waals surface area contributed by atoms with Crippen LogP contribution < -0.4 is 0 Å². The van der Waals surface area contributed by atoms with Crippen LogP contribution in [0.15, 0.2) is 24.3 Å². The molecule has 0 aliphatic carbocycles. The summed E-state index contributed by atoms with van der Waals surface area (Å²) in [6, 6.07) is 5.44. The minimum atomic E-state index is -1.47. The molecule has 9 heteroatoms. The fraction of sp³-hybridized carbons (Fsp3) is 0.538. The lowest BCUT2D eigenvalue weighted by atomic mass is 10.0. The molecule has 0 saturated carbocycles. The number of hydrogen-bond acceptors (Lipinski definition) is 8. The molecular formula is C13H17NO8. The third kappa shape index (κ3) is 3.40. The highest BCUT2D eigenvalue weighted by Crippen LogP contribution is 2.30. The Morgan fingerprint density at radius 1 is 1.09 bits per heavy atom. The number of non-ortho nitro benzene ring substituents is 1. The Hall–Kier alpha value is -1.62. The molecule has 1 aliphatic rings. The Kier molecular flexibility index (Phi) is 5.40. The highest BCUT2D eigenvalue weighted by molar-refractivity contribution is 5.35. The second-order valence-corrected chi connectivity index (χ2v) is 4.88. The monoisotopic (exact) mass is 315 g/mol. The van der Waals surface area contributed by atoms with Gasteiger partial charge in [0, 0.05) is 17.7 Å². The molecule has 0 amide bonds. The molecule has 1 heterocycles. The highest BCUT2D eigenvalue weighted by atomic mass is 16.7. The van der Waals surface area contributed by atoms with Crippen molar-refractivity contribution in [2.75, 3.05) is 13.2 Å². The van der Waals surface area contributed by atoms with E-state index in [1.165, 1.54) is 24.3 Å². The number of nitro groups is 1. The fourth-order valence-corrected chi connectivity index (χ4v) is 2.19. The summed E-state index contributed by atoms with van der Waals surface area (Å²) in [5.41, 5.74) is 0.0866. The van der Waals surface area contributed by atoms with E-state index in [4.69, 9.17) is 9.47 Å². The molecule has 4 N–H and O–H groups in total. The molecule has 22 heavy (non-hydrogen) atoms. The Morgan fingerprint density at radius 2 is 1.64 bits per heavy atom. The summed E-state index contributed by atoms with van der Waals surface area (Å²) in [5, 5.41) is 49.1. The second-order valence-electron chi connectivity index (χ2n) is 4.88.